The van der Waals surface area contributed by atoms with Crippen molar-refractivity contribution in [2.75, 3.05) is 0 Å². The first-order valence-corrected chi connectivity index (χ1v) is 9.71. The van der Waals surface area contributed by atoms with Crippen molar-refractivity contribution < 1.29 is 18.7 Å². The molecule has 1 aromatic heterocycles. The number of aryl methyl sites for hydroxylation is 1. The van der Waals surface area contributed by atoms with E-state index in [-0.39, 0.29) is 11.3 Å². The van der Waals surface area contributed by atoms with E-state index in [9.17, 15) is 18.7 Å². The van der Waals surface area contributed by atoms with Crippen LogP contribution in [0.3, 0.4) is 0 Å². The Kier molecular flexibility index (Phi) is 5.07. The molecule has 0 radical (unpaired) electrons. The monoisotopic (exact) mass is 409 g/mol. The Balaban J connectivity index is 1.86. The Morgan fingerprint density at radius 1 is 1.20 bits per heavy atom. The van der Waals surface area contributed by atoms with Gasteiger partial charge in [-0.05, 0) is 31.0 Å². The third kappa shape index (κ3) is 3.35. The minimum Gasteiger partial charge on any atom is -0.364 e. The van der Waals surface area contributed by atoms with Gasteiger partial charge in [0.25, 0.3) is 12.3 Å². The lowest BCUT2D eigenvalue weighted by Gasteiger charge is -2.30. The van der Waals surface area contributed by atoms with Crippen LogP contribution in [-0.4, -0.2) is 38.9 Å². The Bertz CT molecular complexity index is 1140. The highest BCUT2D eigenvalue weighted by Gasteiger charge is 2.51. The molecular weight excluding hydrogens is 388 g/mol. The molecule has 0 spiro atoms. The summed E-state index contributed by atoms with van der Waals surface area (Å²) in [5.74, 6) is -0.792. The summed E-state index contributed by atoms with van der Waals surface area (Å²) in [6, 6.07) is 16.4. The Morgan fingerprint density at radius 3 is 2.57 bits per heavy atom. The zero-order chi connectivity index (χ0) is 21.5. The maximum atomic E-state index is 13.6. The normalized spacial score (nSPS) is 18.9. The summed E-state index contributed by atoms with van der Waals surface area (Å²) in [6.07, 6.45) is -2.66. The molecule has 2 aromatic carbocycles. The predicted octanol–water partition coefficient (Wildman–Crippen LogP) is 4.64. The maximum absolute atomic E-state index is 13.6. The Labute approximate surface area is 172 Å². The summed E-state index contributed by atoms with van der Waals surface area (Å²) in [5, 5.41) is 15.4. The molecule has 0 bridgehead atoms. The van der Waals surface area contributed by atoms with Crippen LogP contribution in [0.2, 0.25) is 0 Å². The second kappa shape index (κ2) is 7.57. The van der Waals surface area contributed by atoms with E-state index in [1.54, 1.807) is 30.3 Å². The number of fused-ring (bicyclic) bond motifs is 1. The second-order valence-electron chi connectivity index (χ2n) is 7.43. The molecule has 4 rings (SSSR count). The molecule has 0 aliphatic carbocycles. The average molecular weight is 409 g/mol. The van der Waals surface area contributed by atoms with Gasteiger partial charge in [0.05, 0.1) is 16.8 Å². The highest BCUT2D eigenvalue weighted by atomic mass is 19.3. The van der Waals surface area contributed by atoms with E-state index < -0.39 is 24.5 Å². The number of hydrogen-bond acceptors (Lipinski definition) is 4. The van der Waals surface area contributed by atoms with Crippen LogP contribution in [0, 0.1) is 0 Å². The number of pyridine rings is 1. The number of hydrogen-bond donors (Lipinski definition) is 1. The van der Waals surface area contributed by atoms with Crippen LogP contribution >= 0.6 is 0 Å². The molecule has 0 saturated carbocycles. The van der Waals surface area contributed by atoms with Crippen LogP contribution < -0.4 is 0 Å². The van der Waals surface area contributed by atoms with Gasteiger partial charge in [0.1, 0.15) is 0 Å². The molecule has 30 heavy (non-hydrogen) atoms. The fraction of sp³-hybridized carbons (Fsp3) is 0.261. The van der Waals surface area contributed by atoms with Crippen molar-refractivity contribution >= 4 is 22.5 Å². The molecule has 1 amide bonds. The van der Waals surface area contributed by atoms with Gasteiger partial charge in [-0.15, -0.1) is 0 Å². The third-order valence-corrected chi connectivity index (χ3v) is 5.30. The lowest BCUT2D eigenvalue weighted by molar-refractivity contribution is -0.164. The van der Waals surface area contributed by atoms with E-state index in [0.29, 0.717) is 21.6 Å². The van der Waals surface area contributed by atoms with Crippen LogP contribution in [0.25, 0.3) is 22.2 Å². The lowest BCUT2D eigenvalue weighted by atomic mass is 10.0. The van der Waals surface area contributed by atoms with Crippen LogP contribution in [-0.2, 0) is 6.42 Å². The number of carbonyl (C=O) groups excluding carboxylic acids is 1. The van der Waals surface area contributed by atoms with Crippen molar-refractivity contribution in [1.29, 1.82) is 0 Å². The summed E-state index contributed by atoms with van der Waals surface area (Å²) >= 11 is 0. The van der Waals surface area contributed by atoms with Crippen molar-refractivity contribution in [2.24, 2.45) is 5.10 Å². The lowest BCUT2D eigenvalue weighted by Crippen LogP contribution is -2.51. The van der Waals surface area contributed by atoms with Crippen LogP contribution in [0.4, 0.5) is 8.78 Å². The molecule has 0 saturated heterocycles. The first-order valence-electron chi connectivity index (χ1n) is 9.71. The van der Waals surface area contributed by atoms with E-state index in [2.05, 4.69) is 17.0 Å². The van der Waals surface area contributed by atoms with E-state index in [1.165, 1.54) is 12.5 Å². The highest BCUT2D eigenvalue weighted by molar-refractivity contribution is 6.08. The van der Waals surface area contributed by atoms with Crippen LogP contribution in [0.15, 0.2) is 59.7 Å². The largest absolute Gasteiger partial charge is 0.364 e. The van der Waals surface area contributed by atoms with Crippen LogP contribution in [0.1, 0.15) is 36.2 Å². The van der Waals surface area contributed by atoms with Gasteiger partial charge >= 0.3 is 0 Å². The van der Waals surface area contributed by atoms with Gasteiger partial charge < -0.3 is 5.11 Å². The average Bonchev–Trinajstić information content (AvgIpc) is 3.08. The van der Waals surface area contributed by atoms with E-state index >= 15 is 0 Å². The number of halogens is 2. The quantitative estimate of drug-likeness (QED) is 0.683. The minimum absolute atomic E-state index is 0.160. The van der Waals surface area contributed by atoms with Crippen molar-refractivity contribution in [2.45, 2.75) is 38.8 Å². The molecular formula is C23H21F2N3O2. The second-order valence-corrected chi connectivity index (χ2v) is 7.43. The molecule has 3 aromatic rings. The van der Waals surface area contributed by atoms with Gasteiger partial charge in [-0.25, -0.2) is 13.8 Å². The molecule has 1 aliphatic rings. The van der Waals surface area contributed by atoms with Gasteiger partial charge in [-0.1, -0.05) is 49.4 Å². The molecule has 1 N–H and O–H groups in total. The number of amides is 1. The number of rotatable bonds is 4. The fourth-order valence-electron chi connectivity index (χ4n) is 3.66. The highest BCUT2D eigenvalue weighted by Crippen LogP contribution is 2.34. The van der Waals surface area contributed by atoms with Gasteiger partial charge in [0.2, 0.25) is 5.72 Å². The summed E-state index contributed by atoms with van der Waals surface area (Å²) in [4.78, 5) is 17.9. The first kappa shape index (κ1) is 20.1. The molecule has 2 heterocycles. The predicted molar refractivity (Wildman–Crippen MR) is 111 cm³/mol. The van der Waals surface area contributed by atoms with E-state index in [0.717, 1.165) is 12.0 Å². The number of hydrazone groups is 1. The number of aromatic nitrogens is 1. The number of carbonyl (C=O) groups is 1. The fourth-order valence-corrected chi connectivity index (χ4v) is 3.66. The van der Waals surface area contributed by atoms with Gasteiger partial charge in [-0.3, -0.25) is 4.79 Å². The molecule has 0 unspecified atom stereocenters. The maximum Gasteiger partial charge on any atom is 0.287 e. The smallest absolute Gasteiger partial charge is 0.287 e. The van der Waals surface area contributed by atoms with Crippen molar-refractivity contribution in [3.63, 3.8) is 0 Å². The number of alkyl halides is 2. The summed E-state index contributed by atoms with van der Waals surface area (Å²) in [6.45, 7) is 3.56. The molecule has 5 nitrogen and oxygen atoms in total. The van der Waals surface area contributed by atoms with Gasteiger partial charge in [-0.2, -0.15) is 10.1 Å². The molecule has 0 fully saturated rings. The third-order valence-electron chi connectivity index (χ3n) is 5.30. The van der Waals surface area contributed by atoms with Crippen molar-refractivity contribution in [3.8, 4) is 11.3 Å². The minimum atomic E-state index is -3.16. The van der Waals surface area contributed by atoms with Gasteiger partial charge in [0, 0.05) is 23.1 Å². The van der Waals surface area contributed by atoms with Crippen molar-refractivity contribution in [3.05, 3.63) is 65.7 Å². The molecule has 154 valence electrons. The standard InChI is InChI=1S/C23H21F2N3O2/c1-3-15-8-10-16(11-9-15)20-12-18(17-6-4-5-7-19(17)26-20)21(29)28-23(30,22(24)25)13-14(2)27-28/h4-12,22,30H,3,13H2,1-2H3/t23-/m1/s1. The number of nitrogens with zero attached hydrogens (tertiary/aromatic N) is 3. The summed E-state index contributed by atoms with van der Waals surface area (Å²) < 4.78 is 27.2. The SMILES string of the molecule is CCc1ccc(-c2cc(C(=O)N3N=C(C)C[C@@]3(O)C(F)F)c3ccccc3n2)cc1. The van der Waals surface area contributed by atoms with E-state index in [1.807, 2.05) is 24.3 Å². The zero-order valence-electron chi connectivity index (χ0n) is 16.6. The van der Waals surface area contributed by atoms with Crippen LogP contribution in [0.5, 0.6) is 0 Å². The topological polar surface area (TPSA) is 65.8 Å². The molecule has 1 atom stereocenters. The number of benzene rings is 2. The Morgan fingerprint density at radius 2 is 1.90 bits per heavy atom. The first-order chi connectivity index (χ1) is 14.3. The summed E-state index contributed by atoms with van der Waals surface area (Å²) in [7, 11) is 0. The van der Waals surface area contributed by atoms with Crippen molar-refractivity contribution in [1.82, 2.24) is 9.99 Å². The molecule has 7 heteroatoms. The Hall–Kier alpha value is -3.19. The summed E-state index contributed by atoms with van der Waals surface area (Å²) in [5.41, 5.74) is 0.831. The van der Waals surface area contributed by atoms with Gasteiger partial charge in [0.15, 0.2) is 0 Å². The zero-order valence-corrected chi connectivity index (χ0v) is 16.6. The van der Waals surface area contributed by atoms with E-state index in [4.69, 9.17) is 0 Å². The molecule has 1 aliphatic heterocycles. The number of aliphatic hydroxyl groups is 1. The number of para-hydroxylation sites is 1.